The van der Waals surface area contributed by atoms with Gasteiger partial charge >= 0.3 is 0 Å². The van der Waals surface area contributed by atoms with Crippen LogP contribution in [0.15, 0.2) is 18.5 Å². The number of rotatable bonds is 1. The Morgan fingerprint density at radius 3 is 2.12 bits per heavy atom. The van der Waals surface area contributed by atoms with E-state index in [4.69, 9.17) is 0 Å². The lowest BCUT2D eigenvalue weighted by atomic mass is 9.51. The third kappa shape index (κ3) is 1.23. The van der Waals surface area contributed by atoms with Crippen LogP contribution in [0.1, 0.15) is 43.6 Å². The topological polar surface area (TPSA) is 4.93 Å². The van der Waals surface area contributed by atoms with E-state index in [2.05, 4.69) is 30.1 Å². The Morgan fingerprint density at radius 2 is 1.62 bits per heavy atom. The average molecular weight is 215 g/mol. The van der Waals surface area contributed by atoms with Gasteiger partial charge in [0.1, 0.15) is 0 Å². The first-order valence-electron chi connectivity index (χ1n) is 6.91. The zero-order valence-corrected chi connectivity index (χ0v) is 10.1. The van der Waals surface area contributed by atoms with Gasteiger partial charge in [0.2, 0.25) is 0 Å². The zero-order valence-electron chi connectivity index (χ0n) is 10.1. The molecule has 4 aliphatic rings. The van der Waals surface area contributed by atoms with Crippen molar-refractivity contribution in [3.05, 3.63) is 24.0 Å². The fraction of sp³-hybridized carbons (Fsp3) is 0.733. The minimum atomic E-state index is 0.911. The van der Waals surface area contributed by atoms with Crippen LogP contribution in [-0.2, 0) is 7.05 Å². The Kier molecular flexibility index (Phi) is 1.84. The second-order valence-corrected chi connectivity index (χ2v) is 6.57. The van der Waals surface area contributed by atoms with Gasteiger partial charge in [0, 0.05) is 19.4 Å². The molecule has 0 saturated heterocycles. The monoisotopic (exact) mass is 215 g/mol. The average Bonchev–Trinajstić information content (AvgIpc) is 2.63. The lowest BCUT2D eigenvalue weighted by molar-refractivity contribution is -0.00277. The summed E-state index contributed by atoms with van der Waals surface area (Å²) in [4.78, 5) is 0. The molecule has 0 atom stereocenters. The molecule has 1 nitrogen and oxygen atoms in total. The van der Waals surface area contributed by atoms with E-state index in [0.717, 1.165) is 29.6 Å². The summed E-state index contributed by atoms with van der Waals surface area (Å²) in [5, 5.41) is 0. The molecule has 0 aromatic carbocycles. The zero-order chi connectivity index (χ0) is 10.7. The molecule has 4 aliphatic carbocycles. The standard InChI is InChI=1S/C15H21N/c1-16-3-2-12(9-16)15-13-5-10-4-11(7-13)8-14(15)6-10/h2-3,9-11,13-15H,4-8H2,1H3. The summed E-state index contributed by atoms with van der Waals surface area (Å²) in [7, 11) is 2.15. The van der Waals surface area contributed by atoms with Crippen LogP contribution in [0.3, 0.4) is 0 Å². The lowest BCUT2D eigenvalue weighted by Gasteiger charge is -2.54. The van der Waals surface area contributed by atoms with Crippen LogP contribution in [0.2, 0.25) is 0 Å². The molecule has 5 rings (SSSR count). The Labute approximate surface area is 97.8 Å². The molecule has 4 bridgehead atoms. The van der Waals surface area contributed by atoms with E-state index in [1.54, 1.807) is 12.0 Å². The second kappa shape index (κ2) is 3.15. The van der Waals surface area contributed by atoms with Crippen LogP contribution in [0.4, 0.5) is 0 Å². The molecule has 16 heavy (non-hydrogen) atoms. The van der Waals surface area contributed by atoms with E-state index in [-0.39, 0.29) is 0 Å². The van der Waals surface area contributed by atoms with Crippen molar-refractivity contribution < 1.29 is 0 Å². The largest absolute Gasteiger partial charge is 0.357 e. The van der Waals surface area contributed by atoms with Crippen molar-refractivity contribution in [1.29, 1.82) is 0 Å². The van der Waals surface area contributed by atoms with Crippen LogP contribution in [0.5, 0.6) is 0 Å². The fourth-order valence-electron chi connectivity index (χ4n) is 5.19. The van der Waals surface area contributed by atoms with Crippen molar-refractivity contribution >= 4 is 0 Å². The van der Waals surface area contributed by atoms with Crippen molar-refractivity contribution in [3.8, 4) is 0 Å². The van der Waals surface area contributed by atoms with Crippen LogP contribution in [0.25, 0.3) is 0 Å². The highest BCUT2D eigenvalue weighted by atomic mass is 14.9. The molecular weight excluding hydrogens is 194 g/mol. The third-order valence-electron chi connectivity index (χ3n) is 5.47. The summed E-state index contributed by atoms with van der Waals surface area (Å²) in [5.41, 5.74) is 1.64. The molecule has 0 radical (unpaired) electrons. The Morgan fingerprint density at radius 1 is 1.00 bits per heavy atom. The van der Waals surface area contributed by atoms with Crippen molar-refractivity contribution in [2.75, 3.05) is 0 Å². The van der Waals surface area contributed by atoms with E-state index < -0.39 is 0 Å². The number of hydrogen-bond acceptors (Lipinski definition) is 0. The van der Waals surface area contributed by atoms with E-state index in [9.17, 15) is 0 Å². The van der Waals surface area contributed by atoms with Gasteiger partial charge in [-0.3, -0.25) is 0 Å². The molecule has 86 valence electrons. The summed E-state index contributed by atoms with van der Waals surface area (Å²) in [5.74, 6) is 5.16. The van der Waals surface area contributed by atoms with Gasteiger partial charge in [-0.15, -0.1) is 0 Å². The maximum absolute atomic E-state index is 2.37. The van der Waals surface area contributed by atoms with Gasteiger partial charge in [-0.2, -0.15) is 0 Å². The SMILES string of the molecule is Cn1ccc(C2C3CC4CC(C3)CC2C4)c1. The van der Waals surface area contributed by atoms with E-state index in [0.29, 0.717) is 0 Å². The molecule has 1 aromatic heterocycles. The highest BCUT2D eigenvalue weighted by Crippen LogP contribution is 2.59. The lowest BCUT2D eigenvalue weighted by Crippen LogP contribution is -2.43. The van der Waals surface area contributed by atoms with E-state index >= 15 is 0 Å². The Hall–Kier alpha value is -0.720. The van der Waals surface area contributed by atoms with Gasteiger partial charge in [-0.25, -0.2) is 0 Å². The smallest absolute Gasteiger partial charge is 0.0106 e. The molecule has 1 aromatic rings. The summed E-state index contributed by atoms with van der Waals surface area (Å²) in [6.07, 6.45) is 12.3. The summed E-state index contributed by atoms with van der Waals surface area (Å²) in [6.45, 7) is 0. The van der Waals surface area contributed by atoms with Gasteiger partial charge in [-0.1, -0.05) is 0 Å². The molecule has 1 heterocycles. The third-order valence-corrected chi connectivity index (χ3v) is 5.47. The van der Waals surface area contributed by atoms with Gasteiger partial charge in [0.05, 0.1) is 0 Å². The first kappa shape index (κ1) is 9.32. The minimum absolute atomic E-state index is 0.911. The van der Waals surface area contributed by atoms with Gasteiger partial charge in [0.15, 0.2) is 0 Å². The maximum Gasteiger partial charge on any atom is 0.0106 e. The quantitative estimate of drug-likeness (QED) is 0.675. The normalized spacial score (nSPS) is 45.2. The first-order valence-corrected chi connectivity index (χ1v) is 6.91. The summed E-state index contributed by atoms with van der Waals surface area (Å²) >= 11 is 0. The molecule has 4 fully saturated rings. The molecule has 0 unspecified atom stereocenters. The summed E-state index contributed by atoms with van der Waals surface area (Å²) in [6, 6.07) is 2.37. The molecule has 0 N–H and O–H groups in total. The highest BCUT2D eigenvalue weighted by Gasteiger charge is 2.48. The van der Waals surface area contributed by atoms with Crippen molar-refractivity contribution in [3.63, 3.8) is 0 Å². The van der Waals surface area contributed by atoms with Crippen LogP contribution in [0, 0.1) is 23.7 Å². The molecule has 1 heteroatoms. The van der Waals surface area contributed by atoms with Gasteiger partial charge in [-0.05, 0) is 73.3 Å². The Bertz CT molecular complexity index is 375. The molecular formula is C15H21N. The van der Waals surface area contributed by atoms with Crippen LogP contribution < -0.4 is 0 Å². The van der Waals surface area contributed by atoms with Gasteiger partial charge in [0.25, 0.3) is 0 Å². The molecule has 0 amide bonds. The predicted octanol–water partition coefficient (Wildman–Crippen LogP) is 3.56. The number of hydrogen-bond donors (Lipinski definition) is 0. The van der Waals surface area contributed by atoms with E-state index in [1.807, 2.05) is 0 Å². The number of aryl methyl sites for hydroxylation is 1. The first-order chi connectivity index (χ1) is 7.79. The highest BCUT2D eigenvalue weighted by molar-refractivity contribution is 5.21. The Balaban J connectivity index is 1.69. The fourth-order valence-corrected chi connectivity index (χ4v) is 5.19. The van der Waals surface area contributed by atoms with Crippen LogP contribution >= 0.6 is 0 Å². The molecule has 0 spiro atoms. The minimum Gasteiger partial charge on any atom is -0.357 e. The maximum atomic E-state index is 2.37. The number of aromatic nitrogens is 1. The van der Waals surface area contributed by atoms with E-state index in [1.165, 1.54) is 25.7 Å². The van der Waals surface area contributed by atoms with Crippen molar-refractivity contribution in [2.24, 2.45) is 30.7 Å². The second-order valence-electron chi connectivity index (χ2n) is 6.57. The number of nitrogens with zero attached hydrogens (tertiary/aromatic N) is 1. The molecule has 4 saturated carbocycles. The predicted molar refractivity (Wildman–Crippen MR) is 65.2 cm³/mol. The summed E-state index contributed by atoms with van der Waals surface area (Å²) < 4.78 is 2.22. The molecule has 0 aliphatic heterocycles. The van der Waals surface area contributed by atoms with Crippen molar-refractivity contribution in [2.45, 2.75) is 38.0 Å². The van der Waals surface area contributed by atoms with Gasteiger partial charge < -0.3 is 4.57 Å². The van der Waals surface area contributed by atoms with Crippen LogP contribution in [-0.4, -0.2) is 4.57 Å². The van der Waals surface area contributed by atoms with Crippen molar-refractivity contribution in [1.82, 2.24) is 4.57 Å².